The van der Waals surface area contributed by atoms with Gasteiger partial charge in [0.15, 0.2) is 0 Å². The van der Waals surface area contributed by atoms with Gasteiger partial charge < -0.3 is 4.90 Å². The van der Waals surface area contributed by atoms with Crippen LogP contribution in [-0.2, 0) is 6.54 Å². The largest absolute Gasteiger partial charge is 0.337 e. The predicted octanol–water partition coefficient (Wildman–Crippen LogP) is 3.73. The fourth-order valence-electron chi connectivity index (χ4n) is 2.10. The third kappa shape index (κ3) is 3.45. The molecule has 0 aliphatic rings. The molecule has 0 fully saturated rings. The summed E-state index contributed by atoms with van der Waals surface area (Å²) in [6.45, 7) is 4.37. The van der Waals surface area contributed by atoms with Crippen LogP contribution in [0.3, 0.4) is 0 Å². The number of nitrogens with zero attached hydrogens (tertiary/aromatic N) is 2. The molecule has 3 nitrogen and oxygen atoms in total. The van der Waals surface area contributed by atoms with Gasteiger partial charge in [-0.05, 0) is 43.7 Å². The van der Waals surface area contributed by atoms with E-state index < -0.39 is 0 Å². The van der Waals surface area contributed by atoms with Crippen LogP contribution in [0.25, 0.3) is 0 Å². The highest BCUT2D eigenvalue weighted by Gasteiger charge is 2.15. The molecule has 1 aromatic heterocycles. The number of carbonyl (C=O) groups is 1. The number of aryl methyl sites for hydroxylation is 2. The number of hydrogen-bond donors (Lipinski definition) is 0. The van der Waals surface area contributed by atoms with Gasteiger partial charge in [-0.3, -0.25) is 9.78 Å². The zero-order chi connectivity index (χ0) is 14.7. The first kappa shape index (κ1) is 14.7. The zero-order valence-corrected chi connectivity index (χ0v) is 13.4. The van der Waals surface area contributed by atoms with Gasteiger partial charge in [-0.2, -0.15) is 0 Å². The van der Waals surface area contributed by atoms with Crippen molar-refractivity contribution in [2.45, 2.75) is 20.4 Å². The van der Waals surface area contributed by atoms with Crippen molar-refractivity contribution in [2.24, 2.45) is 0 Å². The minimum atomic E-state index is -0.00465. The lowest BCUT2D eigenvalue weighted by Crippen LogP contribution is -2.27. The topological polar surface area (TPSA) is 33.2 Å². The second-order valence-corrected chi connectivity index (χ2v) is 5.79. The first-order valence-electron chi connectivity index (χ1n) is 6.41. The molecule has 1 aromatic carbocycles. The maximum Gasteiger partial charge on any atom is 0.255 e. The number of benzene rings is 1. The quantitative estimate of drug-likeness (QED) is 0.857. The highest BCUT2D eigenvalue weighted by atomic mass is 79.9. The van der Waals surface area contributed by atoms with Crippen molar-refractivity contribution in [3.05, 3.63) is 63.4 Å². The van der Waals surface area contributed by atoms with Gasteiger partial charge in [-0.1, -0.05) is 28.1 Å². The van der Waals surface area contributed by atoms with Crippen LogP contribution in [0.1, 0.15) is 27.3 Å². The fraction of sp³-hybridized carbons (Fsp3) is 0.250. The van der Waals surface area contributed by atoms with E-state index in [1.165, 1.54) is 0 Å². The molecule has 0 saturated carbocycles. The Bertz CT molecular complexity index is 640. The highest BCUT2D eigenvalue weighted by Crippen LogP contribution is 2.15. The fourth-order valence-corrected chi connectivity index (χ4v) is 2.55. The Kier molecular flexibility index (Phi) is 4.55. The van der Waals surface area contributed by atoms with Crippen LogP contribution in [-0.4, -0.2) is 22.8 Å². The number of amides is 1. The molecule has 0 N–H and O–H groups in total. The average molecular weight is 333 g/mol. The Morgan fingerprint density at radius 3 is 2.65 bits per heavy atom. The molecule has 0 aliphatic carbocycles. The Morgan fingerprint density at radius 2 is 2.00 bits per heavy atom. The molecule has 0 radical (unpaired) electrons. The molecular formula is C16H17BrN2O. The lowest BCUT2D eigenvalue weighted by atomic mass is 10.1. The predicted molar refractivity (Wildman–Crippen MR) is 83.7 cm³/mol. The second kappa shape index (κ2) is 6.18. The minimum Gasteiger partial charge on any atom is -0.337 e. The van der Waals surface area contributed by atoms with Crippen molar-refractivity contribution in [3.8, 4) is 0 Å². The minimum absolute atomic E-state index is 0.00465. The van der Waals surface area contributed by atoms with E-state index in [1.807, 2.05) is 57.3 Å². The van der Waals surface area contributed by atoms with Crippen LogP contribution in [0.4, 0.5) is 0 Å². The van der Waals surface area contributed by atoms with E-state index in [9.17, 15) is 4.79 Å². The molecular weight excluding hydrogens is 316 g/mol. The first-order chi connectivity index (χ1) is 9.47. The summed E-state index contributed by atoms with van der Waals surface area (Å²) in [4.78, 5) is 18.5. The van der Waals surface area contributed by atoms with Crippen molar-refractivity contribution >= 4 is 21.8 Å². The van der Waals surface area contributed by atoms with Crippen molar-refractivity contribution in [1.29, 1.82) is 0 Å². The van der Waals surface area contributed by atoms with Gasteiger partial charge in [-0.15, -0.1) is 0 Å². The number of rotatable bonds is 3. The van der Waals surface area contributed by atoms with Gasteiger partial charge in [0, 0.05) is 23.8 Å². The number of aromatic nitrogens is 1. The Morgan fingerprint density at radius 1 is 1.25 bits per heavy atom. The molecule has 20 heavy (non-hydrogen) atoms. The molecule has 0 bridgehead atoms. The van der Waals surface area contributed by atoms with Gasteiger partial charge in [-0.25, -0.2) is 0 Å². The molecule has 2 rings (SSSR count). The summed E-state index contributed by atoms with van der Waals surface area (Å²) >= 11 is 3.44. The molecule has 104 valence electrons. The maximum atomic E-state index is 12.4. The molecule has 0 atom stereocenters. The third-order valence-electron chi connectivity index (χ3n) is 3.11. The van der Waals surface area contributed by atoms with E-state index in [1.54, 1.807) is 4.90 Å². The second-order valence-electron chi connectivity index (χ2n) is 4.88. The smallest absolute Gasteiger partial charge is 0.255 e. The van der Waals surface area contributed by atoms with Crippen LogP contribution in [0, 0.1) is 13.8 Å². The molecule has 1 heterocycles. The van der Waals surface area contributed by atoms with Crippen LogP contribution < -0.4 is 0 Å². The lowest BCUT2D eigenvalue weighted by molar-refractivity contribution is 0.0784. The van der Waals surface area contributed by atoms with Crippen molar-refractivity contribution in [1.82, 2.24) is 9.88 Å². The number of carbonyl (C=O) groups excluding carboxylic acids is 1. The van der Waals surface area contributed by atoms with E-state index in [4.69, 9.17) is 0 Å². The van der Waals surface area contributed by atoms with Crippen LogP contribution >= 0.6 is 15.9 Å². The van der Waals surface area contributed by atoms with E-state index >= 15 is 0 Å². The molecule has 2 aromatic rings. The lowest BCUT2D eigenvalue weighted by Gasteiger charge is -2.18. The van der Waals surface area contributed by atoms with Crippen molar-refractivity contribution in [3.63, 3.8) is 0 Å². The normalized spacial score (nSPS) is 10.4. The summed E-state index contributed by atoms with van der Waals surface area (Å²) in [5.74, 6) is -0.00465. The van der Waals surface area contributed by atoms with Crippen molar-refractivity contribution in [2.75, 3.05) is 7.05 Å². The summed E-state index contributed by atoms with van der Waals surface area (Å²) in [6, 6.07) is 11.7. The maximum absolute atomic E-state index is 12.4. The molecule has 0 spiro atoms. The number of halogens is 1. The summed E-state index contributed by atoms with van der Waals surface area (Å²) in [6.07, 6.45) is 0. The zero-order valence-electron chi connectivity index (χ0n) is 11.9. The number of pyridine rings is 1. The average Bonchev–Trinajstić information content (AvgIpc) is 2.38. The SMILES string of the molecule is Cc1ccc(C(=O)N(C)Cc2cccc(Br)c2)c(C)n1. The summed E-state index contributed by atoms with van der Waals surface area (Å²) in [7, 11) is 1.81. The third-order valence-corrected chi connectivity index (χ3v) is 3.60. The van der Waals surface area contributed by atoms with E-state index in [0.29, 0.717) is 12.1 Å². The van der Waals surface area contributed by atoms with Gasteiger partial charge in [0.05, 0.1) is 11.3 Å². The van der Waals surface area contributed by atoms with E-state index in [2.05, 4.69) is 20.9 Å². The van der Waals surface area contributed by atoms with Crippen LogP contribution in [0.5, 0.6) is 0 Å². The number of hydrogen-bond acceptors (Lipinski definition) is 2. The van der Waals surface area contributed by atoms with Crippen LogP contribution in [0.2, 0.25) is 0 Å². The van der Waals surface area contributed by atoms with E-state index in [-0.39, 0.29) is 5.91 Å². The summed E-state index contributed by atoms with van der Waals surface area (Å²) < 4.78 is 1.02. The summed E-state index contributed by atoms with van der Waals surface area (Å²) in [5, 5.41) is 0. The van der Waals surface area contributed by atoms with Gasteiger partial charge in [0.1, 0.15) is 0 Å². The van der Waals surface area contributed by atoms with Gasteiger partial charge in [0.25, 0.3) is 5.91 Å². The van der Waals surface area contributed by atoms with Gasteiger partial charge in [0.2, 0.25) is 0 Å². The molecule has 0 saturated heterocycles. The highest BCUT2D eigenvalue weighted by molar-refractivity contribution is 9.10. The molecule has 4 heteroatoms. The summed E-state index contributed by atoms with van der Waals surface area (Å²) in [5.41, 5.74) is 3.45. The molecule has 1 amide bonds. The first-order valence-corrected chi connectivity index (χ1v) is 7.21. The Hall–Kier alpha value is -1.68. The molecule has 0 unspecified atom stereocenters. The molecule has 0 aliphatic heterocycles. The standard InChI is InChI=1S/C16H17BrN2O/c1-11-7-8-15(12(2)18-11)16(20)19(3)10-13-5-4-6-14(17)9-13/h4-9H,10H2,1-3H3. The monoisotopic (exact) mass is 332 g/mol. The Balaban J connectivity index is 2.16. The van der Waals surface area contributed by atoms with Gasteiger partial charge >= 0.3 is 0 Å². The van der Waals surface area contributed by atoms with E-state index in [0.717, 1.165) is 21.4 Å². The van der Waals surface area contributed by atoms with Crippen LogP contribution in [0.15, 0.2) is 40.9 Å². The Labute approximate surface area is 127 Å². The van der Waals surface area contributed by atoms with Crippen molar-refractivity contribution < 1.29 is 4.79 Å².